The van der Waals surface area contributed by atoms with Gasteiger partial charge in [0.15, 0.2) is 5.65 Å². The van der Waals surface area contributed by atoms with Crippen molar-refractivity contribution in [2.45, 2.75) is 19.4 Å². The third-order valence-corrected chi connectivity index (χ3v) is 5.12. The number of hydrogen-bond donors (Lipinski definition) is 0. The van der Waals surface area contributed by atoms with Crippen molar-refractivity contribution in [3.8, 4) is 17.1 Å². The third kappa shape index (κ3) is 3.48. The molecule has 7 nitrogen and oxygen atoms in total. The number of alkyl halides is 3. The lowest BCUT2D eigenvalue weighted by Crippen LogP contribution is -2.28. The normalized spacial score (nSPS) is 12.6. The van der Waals surface area contributed by atoms with Gasteiger partial charge in [-0.05, 0) is 32.0 Å². The first-order valence-electron chi connectivity index (χ1n) is 8.28. The predicted molar refractivity (Wildman–Crippen MR) is 98.8 cm³/mol. The molecule has 0 saturated heterocycles. The Kier molecular flexibility index (Phi) is 4.23. The molecule has 0 unspecified atom stereocenters. The molecule has 1 aromatic carbocycles. The second-order valence-electron chi connectivity index (χ2n) is 6.36. The quantitative estimate of drug-likeness (QED) is 0.369. The van der Waals surface area contributed by atoms with Crippen LogP contribution in [0.25, 0.3) is 27.8 Å². The smallest absolute Gasteiger partial charge is 0.355 e. The second-order valence-corrected chi connectivity index (χ2v) is 7.90. The number of aromatic nitrogens is 4. The molecular formula is C18H13F3N4O3S. The first-order valence-corrected chi connectivity index (χ1v) is 9.69. The fourth-order valence-electron chi connectivity index (χ4n) is 2.88. The topological polar surface area (TPSA) is 86.5 Å². The molecule has 0 bridgehead atoms. The highest BCUT2D eigenvalue weighted by Gasteiger charge is 2.48. The number of fused-ring (bicyclic) bond motifs is 2. The van der Waals surface area contributed by atoms with E-state index in [0.717, 1.165) is 28.7 Å². The van der Waals surface area contributed by atoms with Gasteiger partial charge in [0.1, 0.15) is 0 Å². The molecule has 0 aliphatic heterocycles. The molecule has 0 radical (unpaired) electrons. The summed E-state index contributed by atoms with van der Waals surface area (Å²) in [7, 11) is -5.78. The largest absolute Gasteiger partial charge is 0.534 e. The number of rotatable bonds is 3. The van der Waals surface area contributed by atoms with Crippen molar-refractivity contribution in [2.75, 3.05) is 0 Å². The van der Waals surface area contributed by atoms with Crippen molar-refractivity contribution >= 4 is 26.7 Å². The van der Waals surface area contributed by atoms with Crippen molar-refractivity contribution in [3.05, 3.63) is 54.1 Å². The van der Waals surface area contributed by atoms with Gasteiger partial charge >= 0.3 is 15.6 Å². The fraction of sp³-hybridized carbons (Fsp3) is 0.167. The standard InChI is InChI=1S/C18H13F3N4O3S/c1-10-8-25-9-15(23-11(2)17(25)22-10)13-3-5-14-12(7-13)4-6-16(24-14)28-29(26,27)18(19,20)21/h3-9H,1-2H3. The third-order valence-electron chi connectivity index (χ3n) is 4.16. The average molecular weight is 422 g/mol. The van der Waals surface area contributed by atoms with Crippen LogP contribution in [0.5, 0.6) is 5.88 Å². The van der Waals surface area contributed by atoms with Gasteiger partial charge in [-0.3, -0.25) is 0 Å². The van der Waals surface area contributed by atoms with E-state index in [0.29, 0.717) is 11.1 Å². The first kappa shape index (κ1) is 19.1. The highest BCUT2D eigenvalue weighted by molar-refractivity contribution is 7.87. The summed E-state index contributed by atoms with van der Waals surface area (Å²) >= 11 is 0. The van der Waals surface area contributed by atoms with Crippen molar-refractivity contribution in [1.29, 1.82) is 0 Å². The fourth-order valence-corrected chi connectivity index (χ4v) is 3.30. The minimum atomic E-state index is -5.78. The summed E-state index contributed by atoms with van der Waals surface area (Å²) < 4.78 is 65.6. The summed E-state index contributed by atoms with van der Waals surface area (Å²) in [6.07, 6.45) is 3.70. The van der Waals surface area contributed by atoms with Crippen LogP contribution in [0.1, 0.15) is 11.4 Å². The van der Waals surface area contributed by atoms with Crippen molar-refractivity contribution in [1.82, 2.24) is 19.4 Å². The molecule has 0 N–H and O–H groups in total. The Bertz CT molecular complexity index is 1360. The van der Waals surface area contributed by atoms with Gasteiger partial charge in [0.2, 0.25) is 5.88 Å². The predicted octanol–water partition coefficient (Wildman–Crippen LogP) is 3.79. The van der Waals surface area contributed by atoms with Crippen LogP contribution in [0, 0.1) is 13.8 Å². The molecule has 4 rings (SSSR count). The van der Waals surface area contributed by atoms with Crippen molar-refractivity contribution in [3.63, 3.8) is 0 Å². The molecule has 4 aromatic rings. The SMILES string of the molecule is Cc1cn2cc(-c3ccc4nc(OS(=O)(=O)C(F)(F)F)ccc4c3)nc(C)c2n1. The van der Waals surface area contributed by atoms with Crippen LogP contribution in [0.2, 0.25) is 0 Å². The number of aryl methyl sites for hydroxylation is 2. The van der Waals surface area contributed by atoms with Gasteiger partial charge in [0.25, 0.3) is 0 Å². The Morgan fingerprint density at radius 1 is 1.00 bits per heavy atom. The van der Waals surface area contributed by atoms with E-state index in [-0.39, 0.29) is 5.52 Å². The van der Waals surface area contributed by atoms with E-state index in [1.54, 1.807) is 18.2 Å². The van der Waals surface area contributed by atoms with E-state index in [1.165, 1.54) is 6.07 Å². The molecule has 0 amide bonds. The Hall–Kier alpha value is -3.21. The van der Waals surface area contributed by atoms with Crippen LogP contribution in [-0.4, -0.2) is 33.3 Å². The van der Waals surface area contributed by atoms with Crippen LogP contribution in [0.3, 0.4) is 0 Å². The molecule has 0 aliphatic rings. The number of nitrogens with zero attached hydrogens (tertiary/aromatic N) is 4. The van der Waals surface area contributed by atoms with Gasteiger partial charge in [0, 0.05) is 29.4 Å². The number of imidazole rings is 1. The van der Waals surface area contributed by atoms with Crippen molar-refractivity contribution < 1.29 is 25.8 Å². The van der Waals surface area contributed by atoms with Crippen LogP contribution < -0.4 is 4.18 Å². The molecule has 3 aromatic heterocycles. The molecule has 0 saturated carbocycles. The van der Waals surface area contributed by atoms with Gasteiger partial charge in [-0.1, -0.05) is 6.07 Å². The van der Waals surface area contributed by atoms with E-state index < -0.39 is 21.5 Å². The lowest BCUT2D eigenvalue weighted by Gasteiger charge is -2.10. The van der Waals surface area contributed by atoms with Crippen LogP contribution in [0.15, 0.2) is 42.7 Å². The number of hydrogen-bond acceptors (Lipinski definition) is 6. The van der Waals surface area contributed by atoms with Gasteiger partial charge in [-0.2, -0.15) is 21.6 Å². The molecular weight excluding hydrogens is 409 g/mol. The maximum Gasteiger partial charge on any atom is 0.534 e. The lowest BCUT2D eigenvalue weighted by molar-refractivity contribution is -0.0501. The number of halogens is 3. The highest BCUT2D eigenvalue weighted by atomic mass is 32.2. The van der Waals surface area contributed by atoms with E-state index in [4.69, 9.17) is 0 Å². The zero-order chi connectivity index (χ0) is 21.0. The van der Waals surface area contributed by atoms with Crippen molar-refractivity contribution in [2.24, 2.45) is 0 Å². The monoisotopic (exact) mass is 422 g/mol. The summed E-state index contributed by atoms with van der Waals surface area (Å²) in [5.41, 5.74) is -1.46. The molecule has 11 heteroatoms. The van der Waals surface area contributed by atoms with Gasteiger partial charge < -0.3 is 8.58 Å². The zero-order valence-corrected chi connectivity index (χ0v) is 15.9. The highest BCUT2D eigenvalue weighted by Crippen LogP contribution is 2.28. The molecule has 0 spiro atoms. The summed E-state index contributed by atoms with van der Waals surface area (Å²) in [5, 5.41) is 0.584. The lowest BCUT2D eigenvalue weighted by atomic mass is 10.1. The average Bonchev–Trinajstić information content (AvgIpc) is 3.01. The van der Waals surface area contributed by atoms with E-state index >= 15 is 0 Å². The molecule has 29 heavy (non-hydrogen) atoms. The molecule has 0 atom stereocenters. The summed E-state index contributed by atoms with van der Waals surface area (Å²) in [6.45, 7) is 3.73. The summed E-state index contributed by atoms with van der Waals surface area (Å²) in [6, 6.07) is 7.49. The Balaban J connectivity index is 1.72. The minimum absolute atomic E-state index is 0.278. The maximum atomic E-state index is 12.5. The second kappa shape index (κ2) is 6.41. The Morgan fingerprint density at radius 2 is 1.76 bits per heavy atom. The molecule has 3 heterocycles. The molecule has 0 aliphatic carbocycles. The minimum Gasteiger partial charge on any atom is -0.355 e. The Morgan fingerprint density at radius 3 is 2.48 bits per heavy atom. The molecule has 150 valence electrons. The first-order chi connectivity index (χ1) is 13.5. The maximum absolute atomic E-state index is 12.5. The van der Waals surface area contributed by atoms with Crippen LogP contribution in [-0.2, 0) is 10.1 Å². The van der Waals surface area contributed by atoms with Gasteiger partial charge in [0.05, 0.1) is 22.6 Å². The van der Waals surface area contributed by atoms with E-state index in [9.17, 15) is 21.6 Å². The number of benzene rings is 1. The van der Waals surface area contributed by atoms with Crippen LogP contribution >= 0.6 is 0 Å². The van der Waals surface area contributed by atoms with Crippen LogP contribution in [0.4, 0.5) is 13.2 Å². The summed E-state index contributed by atoms with van der Waals surface area (Å²) in [4.78, 5) is 12.8. The number of pyridine rings is 1. The zero-order valence-electron chi connectivity index (χ0n) is 15.1. The molecule has 0 fully saturated rings. The van der Waals surface area contributed by atoms with E-state index in [2.05, 4.69) is 19.1 Å². The van der Waals surface area contributed by atoms with Gasteiger partial charge in [-0.15, -0.1) is 0 Å². The Labute approximate surface area is 162 Å². The summed E-state index contributed by atoms with van der Waals surface area (Å²) in [5.74, 6) is -0.660. The van der Waals surface area contributed by atoms with E-state index in [1.807, 2.05) is 30.6 Å². The van der Waals surface area contributed by atoms with Gasteiger partial charge in [-0.25, -0.2) is 15.0 Å².